The zero-order chi connectivity index (χ0) is 15.3. The van der Waals surface area contributed by atoms with E-state index in [4.69, 9.17) is 0 Å². The fourth-order valence-corrected chi connectivity index (χ4v) is 2.75. The molecular formula is C20H26. The van der Waals surface area contributed by atoms with Crippen molar-refractivity contribution in [2.45, 2.75) is 41.0 Å². The maximum Gasteiger partial charge on any atom is -0.0109 e. The van der Waals surface area contributed by atoms with E-state index < -0.39 is 0 Å². The van der Waals surface area contributed by atoms with Gasteiger partial charge in [-0.1, -0.05) is 56.0 Å². The molecule has 0 unspecified atom stereocenters. The summed E-state index contributed by atoms with van der Waals surface area (Å²) in [7, 11) is 0. The Balaban J connectivity index is 3.93. The second-order valence-electron chi connectivity index (χ2n) is 5.24. The summed E-state index contributed by atoms with van der Waals surface area (Å²) < 4.78 is 0. The molecule has 106 valence electrons. The minimum atomic E-state index is 1.02. The Hall–Kier alpha value is -1.82. The molecular weight excluding hydrogens is 240 g/mol. The number of benzene rings is 1. The Morgan fingerprint density at radius 1 is 1.00 bits per heavy atom. The van der Waals surface area contributed by atoms with Gasteiger partial charge in [0.05, 0.1) is 0 Å². The van der Waals surface area contributed by atoms with Crippen molar-refractivity contribution in [3.05, 3.63) is 58.2 Å². The van der Waals surface area contributed by atoms with Crippen LogP contribution in [0, 0.1) is 6.92 Å². The molecule has 0 aliphatic heterocycles. The van der Waals surface area contributed by atoms with Crippen molar-refractivity contribution in [3.63, 3.8) is 0 Å². The molecule has 0 saturated heterocycles. The van der Waals surface area contributed by atoms with E-state index in [-0.39, 0.29) is 0 Å². The highest BCUT2D eigenvalue weighted by Gasteiger charge is 2.15. The largest absolute Gasteiger partial charge is 0.0984 e. The molecule has 0 saturated carbocycles. The molecule has 0 aliphatic carbocycles. The number of hydrogen-bond donors (Lipinski definition) is 0. The third-order valence-electron chi connectivity index (χ3n) is 3.58. The predicted molar refractivity (Wildman–Crippen MR) is 94.8 cm³/mol. The molecule has 0 bridgehead atoms. The van der Waals surface area contributed by atoms with Crippen molar-refractivity contribution in [1.29, 1.82) is 0 Å². The minimum absolute atomic E-state index is 1.02. The summed E-state index contributed by atoms with van der Waals surface area (Å²) in [5, 5.41) is 0. The maximum absolute atomic E-state index is 4.01. The van der Waals surface area contributed by atoms with Crippen LogP contribution in [0.15, 0.2) is 24.8 Å². The summed E-state index contributed by atoms with van der Waals surface area (Å²) in [6, 6.07) is 0. The lowest BCUT2D eigenvalue weighted by Gasteiger charge is -2.19. The number of hydrogen-bond acceptors (Lipinski definition) is 0. The number of rotatable bonds is 5. The molecule has 0 nitrogen and oxygen atoms in total. The van der Waals surface area contributed by atoms with Crippen LogP contribution in [0.3, 0.4) is 0 Å². The topological polar surface area (TPSA) is 0 Å². The van der Waals surface area contributed by atoms with Gasteiger partial charge in [0.2, 0.25) is 0 Å². The van der Waals surface area contributed by atoms with Gasteiger partial charge in [-0.05, 0) is 67.5 Å². The third kappa shape index (κ3) is 3.01. The average Bonchev–Trinajstić information content (AvgIpc) is 2.41. The smallest absolute Gasteiger partial charge is 0.0109 e. The van der Waals surface area contributed by atoms with Gasteiger partial charge in [0, 0.05) is 0 Å². The minimum Gasteiger partial charge on any atom is -0.0984 e. The Morgan fingerprint density at radius 2 is 1.55 bits per heavy atom. The molecule has 0 N–H and O–H groups in total. The maximum atomic E-state index is 4.01. The van der Waals surface area contributed by atoms with Crippen LogP contribution in [0.4, 0.5) is 0 Å². The van der Waals surface area contributed by atoms with Gasteiger partial charge in [0.1, 0.15) is 0 Å². The van der Waals surface area contributed by atoms with E-state index >= 15 is 0 Å². The summed E-state index contributed by atoms with van der Waals surface area (Å²) in [6.07, 6.45) is 11.4. The van der Waals surface area contributed by atoms with Crippen LogP contribution < -0.4 is 0 Å². The van der Waals surface area contributed by atoms with Crippen LogP contribution in [-0.4, -0.2) is 0 Å². The summed E-state index contributed by atoms with van der Waals surface area (Å²) in [5.41, 5.74) is 8.98. The molecule has 1 aromatic rings. The first-order valence-electron chi connectivity index (χ1n) is 7.23. The zero-order valence-electron chi connectivity index (χ0n) is 13.5. The highest BCUT2D eigenvalue weighted by Crippen LogP contribution is 2.32. The molecule has 0 heterocycles. The molecule has 0 heteroatoms. The Kier molecular flexibility index (Phi) is 5.76. The molecule has 20 heavy (non-hydrogen) atoms. The molecule has 0 amide bonds. The monoisotopic (exact) mass is 266 g/mol. The predicted octanol–water partition coefficient (Wildman–Crippen LogP) is 6.30. The van der Waals surface area contributed by atoms with E-state index in [9.17, 15) is 0 Å². The molecule has 0 spiro atoms. The Labute approximate surface area is 124 Å². The van der Waals surface area contributed by atoms with Crippen molar-refractivity contribution >= 4 is 24.3 Å². The molecule has 0 atom stereocenters. The van der Waals surface area contributed by atoms with Crippen molar-refractivity contribution in [3.8, 4) is 0 Å². The zero-order valence-corrected chi connectivity index (χ0v) is 13.5. The van der Waals surface area contributed by atoms with Crippen molar-refractivity contribution < 1.29 is 0 Å². The summed E-state index contributed by atoms with van der Waals surface area (Å²) in [6.45, 7) is 18.7. The van der Waals surface area contributed by atoms with Gasteiger partial charge in [-0.25, -0.2) is 0 Å². The van der Waals surface area contributed by atoms with Crippen molar-refractivity contribution in [1.82, 2.24) is 0 Å². The first kappa shape index (κ1) is 16.2. The summed E-state index contributed by atoms with van der Waals surface area (Å²) in [5.74, 6) is 0. The summed E-state index contributed by atoms with van der Waals surface area (Å²) in [4.78, 5) is 0. The Bertz CT molecular complexity index is 577. The van der Waals surface area contributed by atoms with Gasteiger partial charge in [-0.15, -0.1) is 0 Å². The Morgan fingerprint density at radius 3 is 1.95 bits per heavy atom. The first-order chi connectivity index (χ1) is 9.51. The summed E-state index contributed by atoms with van der Waals surface area (Å²) >= 11 is 0. The lowest BCUT2D eigenvalue weighted by atomic mass is 9.85. The van der Waals surface area contributed by atoms with Crippen molar-refractivity contribution in [2.75, 3.05) is 0 Å². The normalized spacial score (nSPS) is 10.7. The fourth-order valence-electron chi connectivity index (χ4n) is 2.75. The molecule has 1 rings (SSSR count). The van der Waals surface area contributed by atoms with E-state index in [1.54, 1.807) is 0 Å². The molecule has 1 aromatic carbocycles. The van der Waals surface area contributed by atoms with Crippen LogP contribution in [0.5, 0.6) is 0 Å². The second kappa shape index (κ2) is 7.09. The standard InChI is InChI=1S/C20H26/c1-8-12-19-16(9-2)15(7)20(13-14(5)6)18(11-4)17(19)10-3/h8,10-13H,3-4,9H2,1-2,5-7H3/b12-8-. The van der Waals surface area contributed by atoms with Crippen LogP contribution in [0.2, 0.25) is 0 Å². The fraction of sp³-hybridized carbons (Fsp3) is 0.300. The van der Waals surface area contributed by atoms with Gasteiger partial charge in [-0.2, -0.15) is 0 Å². The van der Waals surface area contributed by atoms with Gasteiger partial charge in [0.15, 0.2) is 0 Å². The lowest BCUT2D eigenvalue weighted by molar-refractivity contribution is 1.09. The lowest BCUT2D eigenvalue weighted by Crippen LogP contribution is -2.02. The van der Waals surface area contributed by atoms with Gasteiger partial charge in [0.25, 0.3) is 0 Å². The first-order valence-corrected chi connectivity index (χ1v) is 7.23. The molecule has 0 aromatic heterocycles. The van der Waals surface area contributed by atoms with E-state index in [0.717, 1.165) is 6.42 Å². The van der Waals surface area contributed by atoms with Crippen LogP contribution >= 0.6 is 0 Å². The van der Waals surface area contributed by atoms with Gasteiger partial charge in [-0.3, -0.25) is 0 Å². The number of allylic oxidation sites excluding steroid dienone is 2. The van der Waals surface area contributed by atoms with Gasteiger partial charge < -0.3 is 0 Å². The van der Waals surface area contributed by atoms with E-state index in [1.807, 2.05) is 12.2 Å². The quantitative estimate of drug-likeness (QED) is 0.586. The third-order valence-corrected chi connectivity index (χ3v) is 3.58. The molecule has 0 fully saturated rings. The van der Waals surface area contributed by atoms with Crippen molar-refractivity contribution in [2.24, 2.45) is 0 Å². The highest BCUT2D eigenvalue weighted by atomic mass is 14.2. The van der Waals surface area contributed by atoms with Crippen LogP contribution in [0.1, 0.15) is 61.1 Å². The van der Waals surface area contributed by atoms with E-state index in [1.165, 1.54) is 39.0 Å². The molecule has 0 radical (unpaired) electrons. The van der Waals surface area contributed by atoms with Crippen LogP contribution in [-0.2, 0) is 6.42 Å². The van der Waals surface area contributed by atoms with Gasteiger partial charge >= 0.3 is 0 Å². The SMILES string of the molecule is C=Cc1c(C=C(C)C)c(C)c(CC)c(/C=C\C)c1C=C. The van der Waals surface area contributed by atoms with E-state index in [0.29, 0.717) is 0 Å². The van der Waals surface area contributed by atoms with E-state index in [2.05, 4.69) is 66.0 Å². The highest BCUT2D eigenvalue weighted by molar-refractivity contribution is 5.83. The van der Waals surface area contributed by atoms with Crippen LogP contribution in [0.25, 0.3) is 24.3 Å². The molecule has 0 aliphatic rings. The average molecular weight is 266 g/mol. The second-order valence-corrected chi connectivity index (χ2v) is 5.24.